The highest BCUT2D eigenvalue weighted by Gasteiger charge is 2.24. The molecule has 1 atom stereocenters. The largest absolute Gasteiger partial charge is 0.285 e. The van der Waals surface area contributed by atoms with Crippen molar-refractivity contribution in [2.24, 2.45) is 0 Å². The zero-order valence-electron chi connectivity index (χ0n) is 13.7. The Morgan fingerprint density at radius 1 is 0.880 bits per heavy atom. The molecule has 4 nitrogen and oxygen atoms in total. The van der Waals surface area contributed by atoms with Crippen LogP contribution in [-0.2, 0) is 9.52 Å². The molecule has 0 N–H and O–H groups in total. The van der Waals surface area contributed by atoms with Crippen molar-refractivity contribution in [1.82, 2.24) is 0 Å². The molecule has 0 fully saturated rings. The molecule has 0 aromatic heterocycles. The molecule has 0 aliphatic heterocycles. The molecule has 0 heterocycles. The second-order valence-electron chi connectivity index (χ2n) is 5.46. The topological polar surface area (TPSA) is 60.2 Å². The van der Waals surface area contributed by atoms with Crippen molar-refractivity contribution < 1.29 is 9.13 Å². The van der Waals surface area contributed by atoms with Crippen LogP contribution in [0.2, 0.25) is 0 Å². The van der Waals surface area contributed by atoms with E-state index in [1.54, 1.807) is 48.7 Å². The maximum absolute atomic E-state index is 13.6. The molecular formula is C20H17NO3S. The zero-order chi connectivity index (χ0) is 17.9. The summed E-state index contributed by atoms with van der Waals surface area (Å²) in [4.78, 5) is 12.0. The van der Waals surface area contributed by atoms with E-state index >= 15 is 0 Å². The Kier molecular flexibility index (Phi) is 4.67. The summed E-state index contributed by atoms with van der Waals surface area (Å²) in [6.07, 6.45) is 0. The second kappa shape index (κ2) is 6.91. The molecule has 3 aromatic rings. The van der Waals surface area contributed by atoms with Crippen LogP contribution in [0.25, 0.3) is 11.1 Å². The van der Waals surface area contributed by atoms with Crippen LogP contribution in [0.4, 0.5) is 5.69 Å². The molecule has 0 aliphatic carbocycles. The average molecular weight is 351 g/mol. The van der Waals surface area contributed by atoms with Crippen molar-refractivity contribution in [1.29, 1.82) is 0 Å². The Bertz CT molecular complexity index is 1020. The number of hydrogen-bond donors (Lipinski definition) is 0. The van der Waals surface area contributed by atoms with E-state index in [-0.39, 0.29) is 10.6 Å². The Labute approximate surface area is 146 Å². The molecule has 0 amide bonds. The van der Waals surface area contributed by atoms with Gasteiger partial charge in [0.25, 0.3) is 5.69 Å². The van der Waals surface area contributed by atoms with Gasteiger partial charge in [0.1, 0.15) is 4.90 Å². The van der Waals surface area contributed by atoms with Crippen LogP contribution in [0, 0.1) is 10.1 Å². The average Bonchev–Trinajstić information content (AvgIpc) is 2.68. The van der Waals surface area contributed by atoms with Gasteiger partial charge in [-0.15, -0.1) is 0 Å². The van der Waals surface area contributed by atoms with E-state index in [9.17, 15) is 14.3 Å². The Hall–Kier alpha value is -2.92. The molecule has 3 rings (SSSR count). The SMILES string of the molecule is CC=S(=O)(c1ccccc1)c1ccc(-c2ccccc2)cc1[N+](=O)[O-]. The van der Waals surface area contributed by atoms with Crippen LogP contribution in [0.3, 0.4) is 0 Å². The minimum atomic E-state index is -2.83. The van der Waals surface area contributed by atoms with Gasteiger partial charge in [-0.1, -0.05) is 54.6 Å². The van der Waals surface area contributed by atoms with Crippen molar-refractivity contribution in [2.45, 2.75) is 16.7 Å². The highest BCUT2D eigenvalue weighted by Crippen LogP contribution is 2.33. The van der Waals surface area contributed by atoms with Gasteiger partial charge in [-0.05, 0) is 41.6 Å². The molecule has 0 radical (unpaired) electrons. The molecule has 25 heavy (non-hydrogen) atoms. The fourth-order valence-corrected chi connectivity index (χ4v) is 4.80. The molecule has 0 saturated carbocycles. The molecule has 3 aromatic carbocycles. The second-order valence-corrected chi connectivity index (χ2v) is 8.04. The van der Waals surface area contributed by atoms with Gasteiger partial charge >= 0.3 is 0 Å². The molecule has 0 aliphatic rings. The van der Waals surface area contributed by atoms with Gasteiger partial charge in [0.2, 0.25) is 0 Å². The van der Waals surface area contributed by atoms with Crippen molar-refractivity contribution in [3.8, 4) is 11.1 Å². The van der Waals surface area contributed by atoms with E-state index in [1.807, 2.05) is 36.4 Å². The number of benzene rings is 3. The van der Waals surface area contributed by atoms with E-state index in [0.717, 1.165) is 11.1 Å². The van der Waals surface area contributed by atoms with E-state index < -0.39 is 14.4 Å². The number of hydrogen-bond acceptors (Lipinski definition) is 3. The fraction of sp³-hybridized carbons (Fsp3) is 0.0500. The number of nitro benzene ring substituents is 1. The molecule has 0 spiro atoms. The summed E-state index contributed by atoms with van der Waals surface area (Å²) >= 11 is 0. The Morgan fingerprint density at radius 3 is 2.04 bits per heavy atom. The van der Waals surface area contributed by atoms with Crippen LogP contribution < -0.4 is 0 Å². The van der Waals surface area contributed by atoms with Gasteiger partial charge in [-0.25, -0.2) is 0 Å². The summed E-state index contributed by atoms with van der Waals surface area (Å²) in [5.41, 5.74) is 1.47. The van der Waals surface area contributed by atoms with E-state index in [1.165, 1.54) is 6.07 Å². The van der Waals surface area contributed by atoms with Crippen LogP contribution in [0.5, 0.6) is 0 Å². The minimum absolute atomic E-state index is 0.131. The lowest BCUT2D eigenvalue weighted by Gasteiger charge is -2.13. The summed E-state index contributed by atoms with van der Waals surface area (Å²) in [6.45, 7) is 1.67. The number of nitrogens with zero attached hydrogens (tertiary/aromatic N) is 1. The predicted molar refractivity (Wildman–Crippen MR) is 101 cm³/mol. The Morgan fingerprint density at radius 2 is 1.48 bits per heavy atom. The lowest BCUT2D eigenvalue weighted by atomic mass is 10.1. The summed E-state index contributed by atoms with van der Waals surface area (Å²) in [7, 11) is -2.83. The highest BCUT2D eigenvalue weighted by atomic mass is 32.2. The normalized spacial score (nSPS) is 13.0. The van der Waals surface area contributed by atoms with Gasteiger partial charge in [-0.2, -0.15) is 0 Å². The first-order chi connectivity index (χ1) is 12.1. The van der Waals surface area contributed by atoms with Gasteiger partial charge in [0.15, 0.2) is 0 Å². The number of nitro groups is 1. The van der Waals surface area contributed by atoms with Crippen LogP contribution in [-0.4, -0.2) is 14.5 Å². The summed E-state index contributed by atoms with van der Waals surface area (Å²) < 4.78 is 13.6. The third-order valence-electron chi connectivity index (χ3n) is 4.01. The quantitative estimate of drug-likeness (QED) is 0.386. The van der Waals surface area contributed by atoms with Gasteiger partial charge in [-0.3, -0.25) is 14.3 Å². The van der Waals surface area contributed by atoms with Crippen LogP contribution >= 0.6 is 0 Å². The summed E-state index contributed by atoms with van der Waals surface area (Å²) in [5, 5.41) is 13.2. The smallest absolute Gasteiger partial charge is 0.258 e. The molecule has 0 bridgehead atoms. The first-order valence-corrected chi connectivity index (χ1v) is 9.41. The van der Waals surface area contributed by atoms with Crippen molar-refractivity contribution in [3.05, 3.63) is 89.0 Å². The molecule has 126 valence electrons. The maximum Gasteiger partial charge on any atom is 0.285 e. The van der Waals surface area contributed by atoms with Crippen molar-refractivity contribution in [3.63, 3.8) is 0 Å². The lowest BCUT2D eigenvalue weighted by molar-refractivity contribution is -0.387. The highest BCUT2D eigenvalue weighted by molar-refractivity contribution is 8.01. The van der Waals surface area contributed by atoms with E-state index in [4.69, 9.17) is 0 Å². The third-order valence-corrected chi connectivity index (χ3v) is 6.65. The molecule has 5 heteroatoms. The van der Waals surface area contributed by atoms with Crippen molar-refractivity contribution in [2.75, 3.05) is 0 Å². The monoisotopic (exact) mass is 351 g/mol. The fourth-order valence-electron chi connectivity index (χ4n) is 2.74. The lowest BCUT2D eigenvalue weighted by Crippen LogP contribution is -2.08. The van der Waals surface area contributed by atoms with Crippen LogP contribution in [0.1, 0.15) is 6.92 Å². The summed E-state index contributed by atoms with van der Waals surface area (Å²) in [5.74, 6) is 0. The first kappa shape index (κ1) is 16.9. The van der Waals surface area contributed by atoms with E-state index in [0.29, 0.717) is 4.90 Å². The molecular weight excluding hydrogens is 334 g/mol. The number of rotatable bonds is 4. The maximum atomic E-state index is 13.6. The minimum Gasteiger partial charge on any atom is -0.258 e. The summed E-state index contributed by atoms with van der Waals surface area (Å²) in [6, 6.07) is 23.2. The first-order valence-electron chi connectivity index (χ1n) is 7.79. The zero-order valence-corrected chi connectivity index (χ0v) is 14.5. The van der Waals surface area contributed by atoms with Crippen molar-refractivity contribution >= 4 is 20.6 Å². The third kappa shape index (κ3) is 3.19. The van der Waals surface area contributed by atoms with Gasteiger partial charge in [0.05, 0.1) is 4.92 Å². The standard InChI is InChI=1S/C20H17NO3S/c1-2-25(24,18-11-7-4-8-12-18)20-14-13-17(15-19(20)21(22)23)16-9-5-3-6-10-16/h2-15H,1H3. The van der Waals surface area contributed by atoms with Crippen LogP contribution in [0.15, 0.2) is 88.7 Å². The van der Waals surface area contributed by atoms with Gasteiger partial charge < -0.3 is 0 Å². The molecule has 1 unspecified atom stereocenters. The van der Waals surface area contributed by atoms with E-state index in [2.05, 4.69) is 0 Å². The predicted octanol–water partition coefficient (Wildman–Crippen LogP) is 4.79. The van der Waals surface area contributed by atoms with Gasteiger partial charge in [0, 0.05) is 20.5 Å². The molecule has 0 saturated heterocycles. The Balaban J connectivity index is 2.23.